The van der Waals surface area contributed by atoms with Crippen molar-refractivity contribution in [2.45, 2.75) is 50.9 Å². The van der Waals surface area contributed by atoms with Gasteiger partial charge in [-0.05, 0) is 5.92 Å². The van der Waals surface area contributed by atoms with Crippen molar-refractivity contribution in [3.8, 4) is 0 Å². The van der Waals surface area contributed by atoms with Gasteiger partial charge in [0.05, 0.1) is 18.9 Å². The van der Waals surface area contributed by atoms with Crippen LogP contribution in [0.25, 0.3) is 0 Å². The van der Waals surface area contributed by atoms with Crippen LogP contribution in [0.1, 0.15) is 26.7 Å². The molecule has 0 rings (SSSR count). The number of carboxylic acids is 2. The first-order chi connectivity index (χ1) is 13.8. The molecule has 0 aliphatic carbocycles. The second-order valence-corrected chi connectivity index (χ2v) is 7.11. The second-order valence-electron chi connectivity index (χ2n) is 6.75. The lowest BCUT2D eigenvalue weighted by atomic mass is 10.0. The fraction of sp³-hybridized carbons (Fsp3) is 0.625. The van der Waals surface area contributed by atoms with Crippen LogP contribution < -0.4 is 27.4 Å². The topological polar surface area (TPSA) is 231 Å². The molecule has 4 amide bonds. The largest absolute Gasteiger partial charge is 0.481 e. The van der Waals surface area contributed by atoms with Gasteiger partial charge in [0.25, 0.3) is 0 Å². The van der Waals surface area contributed by atoms with E-state index in [4.69, 9.17) is 16.6 Å². The number of amides is 4. The summed E-state index contributed by atoms with van der Waals surface area (Å²) in [5.74, 6) is -7.14. The van der Waals surface area contributed by atoms with Crippen LogP contribution in [-0.2, 0) is 28.8 Å². The zero-order chi connectivity index (χ0) is 23.6. The number of aliphatic carboxylic acids is 2. The molecule has 0 aromatic heterocycles. The maximum atomic E-state index is 12.4. The summed E-state index contributed by atoms with van der Waals surface area (Å²) >= 11 is 3.92. The molecule has 0 spiro atoms. The maximum Gasteiger partial charge on any atom is 0.326 e. The zero-order valence-electron chi connectivity index (χ0n) is 16.5. The van der Waals surface area contributed by atoms with Crippen LogP contribution in [0.3, 0.4) is 0 Å². The smallest absolute Gasteiger partial charge is 0.326 e. The summed E-state index contributed by atoms with van der Waals surface area (Å²) in [7, 11) is 0. The SMILES string of the molecule is CC(C)C(NC(=O)C(CC(N)=O)NC(=O)C(CS)NC(=O)C(N)CC(=O)O)C(=O)O. The van der Waals surface area contributed by atoms with Crippen LogP contribution in [-0.4, -0.2) is 75.7 Å². The standard InChI is InChI=1S/C16H27N5O8S/c1-6(2)12(16(28)29)21-14(26)8(4-10(18)22)19-15(27)9(5-30)20-13(25)7(17)3-11(23)24/h6-9,12,30H,3-5,17H2,1-2H3,(H2,18,22)(H,19,27)(H,20,25)(H,21,26)(H,23,24)(H,28,29). The first-order valence-electron chi connectivity index (χ1n) is 8.80. The normalized spacial score (nSPS) is 14.7. The van der Waals surface area contributed by atoms with Crippen LogP contribution in [0.5, 0.6) is 0 Å². The molecule has 0 aliphatic rings. The Balaban J connectivity index is 5.28. The van der Waals surface area contributed by atoms with Gasteiger partial charge in [0.15, 0.2) is 0 Å². The molecule has 0 saturated carbocycles. The van der Waals surface area contributed by atoms with E-state index in [0.717, 1.165) is 0 Å². The minimum atomic E-state index is -1.51. The molecule has 9 N–H and O–H groups in total. The molecule has 4 unspecified atom stereocenters. The van der Waals surface area contributed by atoms with E-state index in [2.05, 4.69) is 28.6 Å². The summed E-state index contributed by atoms with van der Waals surface area (Å²) in [6, 6.07) is -5.53. The number of hydrogen-bond donors (Lipinski definition) is 8. The van der Waals surface area contributed by atoms with E-state index in [9.17, 15) is 33.9 Å². The maximum absolute atomic E-state index is 12.4. The van der Waals surface area contributed by atoms with E-state index in [0.29, 0.717) is 0 Å². The summed E-state index contributed by atoms with van der Waals surface area (Å²) in [5, 5.41) is 24.4. The lowest BCUT2D eigenvalue weighted by Gasteiger charge is -2.24. The Hall–Kier alpha value is -2.87. The highest BCUT2D eigenvalue weighted by molar-refractivity contribution is 7.80. The third-order valence-corrected chi connectivity index (χ3v) is 4.18. The highest BCUT2D eigenvalue weighted by atomic mass is 32.1. The lowest BCUT2D eigenvalue weighted by molar-refractivity contribution is -0.143. The molecular formula is C16H27N5O8S. The summed E-state index contributed by atoms with van der Waals surface area (Å²) in [6.45, 7) is 3.10. The molecule has 0 aliphatic heterocycles. The molecule has 0 saturated heterocycles. The van der Waals surface area contributed by atoms with Gasteiger partial charge >= 0.3 is 11.9 Å². The number of hydrogen-bond acceptors (Lipinski definition) is 8. The Morgan fingerprint density at radius 3 is 1.77 bits per heavy atom. The Morgan fingerprint density at radius 1 is 0.867 bits per heavy atom. The van der Waals surface area contributed by atoms with Crippen LogP contribution >= 0.6 is 12.6 Å². The van der Waals surface area contributed by atoms with Crippen molar-refractivity contribution >= 4 is 48.2 Å². The second kappa shape index (κ2) is 12.6. The number of rotatable bonds is 13. The van der Waals surface area contributed by atoms with Gasteiger partial charge in [-0.15, -0.1) is 0 Å². The predicted molar refractivity (Wildman–Crippen MR) is 106 cm³/mol. The molecule has 0 aromatic carbocycles. The van der Waals surface area contributed by atoms with Crippen molar-refractivity contribution in [1.82, 2.24) is 16.0 Å². The molecule has 4 atom stereocenters. The molecule has 0 fully saturated rings. The van der Waals surface area contributed by atoms with Gasteiger partial charge in [0.1, 0.15) is 18.1 Å². The molecule has 30 heavy (non-hydrogen) atoms. The summed E-state index contributed by atoms with van der Waals surface area (Å²) in [4.78, 5) is 69.9. The predicted octanol–water partition coefficient (Wildman–Crippen LogP) is -3.21. The zero-order valence-corrected chi connectivity index (χ0v) is 17.3. The van der Waals surface area contributed by atoms with E-state index in [-0.39, 0.29) is 5.75 Å². The molecule has 0 aromatic rings. The van der Waals surface area contributed by atoms with Crippen molar-refractivity contribution in [2.75, 3.05) is 5.75 Å². The third-order valence-electron chi connectivity index (χ3n) is 3.82. The van der Waals surface area contributed by atoms with Crippen molar-refractivity contribution < 1.29 is 39.0 Å². The molecule has 0 bridgehead atoms. The molecule has 14 heteroatoms. The molecule has 0 radical (unpaired) electrons. The lowest BCUT2D eigenvalue weighted by Crippen LogP contribution is -2.58. The number of carbonyl (C=O) groups excluding carboxylic acids is 4. The summed E-state index contributed by atoms with van der Waals surface area (Å²) in [6.07, 6.45) is -1.31. The van der Waals surface area contributed by atoms with Crippen molar-refractivity contribution in [3.05, 3.63) is 0 Å². The third kappa shape index (κ3) is 9.56. The molecule has 170 valence electrons. The Labute approximate surface area is 177 Å². The van der Waals surface area contributed by atoms with Gasteiger partial charge in [0, 0.05) is 5.75 Å². The van der Waals surface area contributed by atoms with Crippen LogP contribution in [0.2, 0.25) is 0 Å². The fourth-order valence-electron chi connectivity index (χ4n) is 2.20. The first-order valence-corrected chi connectivity index (χ1v) is 9.43. The van der Waals surface area contributed by atoms with Gasteiger partial charge in [-0.25, -0.2) is 4.79 Å². The number of nitrogens with two attached hydrogens (primary N) is 2. The van der Waals surface area contributed by atoms with Crippen LogP contribution in [0, 0.1) is 5.92 Å². The van der Waals surface area contributed by atoms with Crippen molar-refractivity contribution in [2.24, 2.45) is 17.4 Å². The molecular weight excluding hydrogens is 422 g/mol. The highest BCUT2D eigenvalue weighted by Crippen LogP contribution is 2.04. The van der Waals surface area contributed by atoms with Gasteiger partial charge in [-0.1, -0.05) is 13.8 Å². The number of thiol groups is 1. The van der Waals surface area contributed by atoms with E-state index in [1.165, 1.54) is 0 Å². The van der Waals surface area contributed by atoms with E-state index >= 15 is 0 Å². The summed E-state index contributed by atoms with van der Waals surface area (Å²) in [5.41, 5.74) is 10.5. The first kappa shape index (κ1) is 27.1. The van der Waals surface area contributed by atoms with Gasteiger partial charge < -0.3 is 37.6 Å². The average Bonchev–Trinajstić information content (AvgIpc) is 2.61. The van der Waals surface area contributed by atoms with Gasteiger partial charge in [-0.2, -0.15) is 12.6 Å². The Bertz CT molecular complexity index is 687. The van der Waals surface area contributed by atoms with Crippen molar-refractivity contribution in [3.63, 3.8) is 0 Å². The van der Waals surface area contributed by atoms with Crippen LogP contribution in [0.4, 0.5) is 0 Å². The van der Waals surface area contributed by atoms with E-state index < -0.39 is 78.5 Å². The quantitative estimate of drug-likeness (QED) is 0.132. The number of nitrogens with one attached hydrogen (secondary N) is 3. The van der Waals surface area contributed by atoms with Crippen molar-refractivity contribution in [1.29, 1.82) is 0 Å². The molecule has 13 nitrogen and oxygen atoms in total. The number of primary amides is 1. The monoisotopic (exact) mass is 449 g/mol. The minimum Gasteiger partial charge on any atom is -0.481 e. The van der Waals surface area contributed by atoms with E-state index in [1.54, 1.807) is 13.8 Å². The van der Waals surface area contributed by atoms with Gasteiger partial charge in [0.2, 0.25) is 23.6 Å². The number of carbonyl (C=O) groups is 6. The van der Waals surface area contributed by atoms with Crippen LogP contribution in [0.15, 0.2) is 0 Å². The Kier molecular flexibility index (Phi) is 11.4. The van der Waals surface area contributed by atoms with E-state index in [1.807, 2.05) is 0 Å². The van der Waals surface area contributed by atoms with Gasteiger partial charge in [-0.3, -0.25) is 24.0 Å². The Morgan fingerprint density at radius 2 is 1.37 bits per heavy atom. The minimum absolute atomic E-state index is 0.244. The summed E-state index contributed by atoms with van der Waals surface area (Å²) < 4.78 is 0. The fourth-order valence-corrected chi connectivity index (χ4v) is 2.46. The highest BCUT2D eigenvalue weighted by Gasteiger charge is 2.31. The number of carboxylic acid groups (broad SMARTS) is 2. The molecule has 0 heterocycles. The average molecular weight is 449 g/mol.